The van der Waals surface area contributed by atoms with Gasteiger partial charge in [-0.25, -0.2) is 0 Å². The van der Waals surface area contributed by atoms with Crippen molar-refractivity contribution in [3.63, 3.8) is 0 Å². The molecule has 0 spiro atoms. The molecule has 1 aliphatic rings. The molecule has 22 heavy (non-hydrogen) atoms. The van der Waals surface area contributed by atoms with E-state index in [4.69, 9.17) is 16.0 Å². The average molecular weight is 318 g/mol. The van der Waals surface area contributed by atoms with Gasteiger partial charge in [0.1, 0.15) is 11.5 Å². The number of hydrogen-bond donors (Lipinski definition) is 0. The van der Waals surface area contributed by atoms with E-state index < -0.39 is 0 Å². The van der Waals surface area contributed by atoms with Crippen LogP contribution in [0.1, 0.15) is 34.7 Å². The minimum absolute atomic E-state index is 0.0611. The Balaban J connectivity index is 1.64. The van der Waals surface area contributed by atoms with Gasteiger partial charge >= 0.3 is 0 Å². The zero-order valence-electron chi connectivity index (χ0n) is 12.7. The lowest BCUT2D eigenvalue weighted by Crippen LogP contribution is -2.38. The van der Waals surface area contributed by atoms with Crippen molar-refractivity contribution in [2.75, 3.05) is 13.1 Å². The first-order valence-electron chi connectivity index (χ1n) is 7.69. The maximum absolute atomic E-state index is 12.6. The third-order valence-corrected chi connectivity index (χ3v) is 4.43. The van der Waals surface area contributed by atoms with Crippen molar-refractivity contribution in [2.24, 2.45) is 5.92 Å². The third kappa shape index (κ3) is 3.60. The smallest absolute Gasteiger partial charge is 0.167 e. The van der Waals surface area contributed by atoms with Gasteiger partial charge in [0, 0.05) is 23.0 Å². The fourth-order valence-electron chi connectivity index (χ4n) is 3.05. The van der Waals surface area contributed by atoms with Crippen LogP contribution >= 0.6 is 11.6 Å². The first-order valence-corrected chi connectivity index (χ1v) is 8.07. The molecule has 0 radical (unpaired) electrons. The SMILES string of the molecule is Cc1ccc(CN2CCCC(C(=O)c3ccc(Cl)cc3)C2)o1. The van der Waals surface area contributed by atoms with Crippen LogP contribution in [-0.4, -0.2) is 23.8 Å². The van der Waals surface area contributed by atoms with Gasteiger partial charge < -0.3 is 4.42 Å². The predicted octanol–water partition coefficient (Wildman–Crippen LogP) is 4.34. The van der Waals surface area contributed by atoms with Crippen molar-refractivity contribution in [2.45, 2.75) is 26.3 Å². The number of carbonyl (C=O) groups is 1. The molecule has 4 heteroatoms. The van der Waals surface area contributed by atoms with E-state index >= 15 is 0 Å². The molecule has 1 atom stereocenters. The molecule has 1 unspecified atom stereocenters. The highest BCUT2D eigenvalue weighted by molar-refractivity contribution is 6.30. The van der Waals surface area contributed by atoms with E-state index in [0.717, 1.165) is 49.6 Å². The van der Waals surface area contributed by atoms with Crippen molar-refractivity contribution < 1.29 is 9.21 Å². The Morgan fingerprint density at radius 1 is 1.27 bits per heavy atom. The van der Waals surface area contributed by atoms with Crippen molar-refractivity contribution in [3.8, 4) is 0 Å². The summed E-state index contributed by atoms with van der Waals surface area (Å²) in [6.07, 6.45) is 2.00. The van der Waals surface area contributed by atoms with Gasteiger partial charge in [-0.15, -0.1) is 0 Å². The molecule has 0 N–H and O–H groups in total. The summed E-state index contributed by atoms with van der Waals surface area (Å²) in [4.78, 5) is 14.9. The summed E-state index contributed by atoms with van der Waals surface area (Å²) in [6.45, 7) is 4.54. The topological polar surface area (TPSA) is 33.5 Å². The molecule has 1 aromatic heterocycles. The van der Waals surface area contributed by atoms with E-state index in [2.05, 4.69) is 4.90 Å². The lowest BCUT2D eigenvalue weighted by atomic mass is 9.90. The van der Waals surface area contributed by atoms with Gasteiger partial charge in [0.05, 0.1) is 6.54 Å². The second-order valence-corrected chi connectivity index (χ2v) is 6.39. The maximum atomic E-state index is 12.6. The molecule has 3 rings (SSSR count). The highest BCUT2D eigenvalue weighted by atomic mass is 35.5. The normalized spacial score (nSPS) is 19.3. The van der Waals surface area contributed by atoms with E-state index in [-0.39, 0.29) is 11.7 Å². The summed E-state index contributed by atoms with van der Waals surface area (Å²) in [7, 11) is 0. The molecule has 116 valence electrons. The summed E-state index contributed by atoms with van der Waals surface area (Å²) < 4.78 is 5.64. The molecule has 0 saturated carbocycles. The van der Waals surface area contributed by atoms with Crippen LogP contribution in [0.4, 0.5) is 0 Å². The summed E-state index contributed by atoms with van der Waals surface area (Å²) in [5, 5.41) is 0.662. The maximum Gasteiger partial charge on any atom is 0.167 e. The summed E-state index contributed by atoms with van der Waals surface area (Å²) in [5.74, 6) is 2.18. The fourth-order valence-corrected chi connectivity index (χ4v) is 3.18. The number of halogens is 1. The first-order chi connectivity index (χ1) is 10.6. The lowest BCUT2D eigenvalue weighted by Gasteiger charge is -2.31. The molecular weight excluding hydrogens is 298 g/mol. The molecule has 1 aliphatic heterocycles. The van der Waals surface area contributed by atoms with Crippen LogP contribution in [0.3, 0.4) is 0 Å². The van der Waals surface area contributed by atoms with E-state index in [1.54, 1.807) is 12.1 Å². The highest BCUT2D eigenvalue weighted by Crippen LogP contribution is 2.23. The van der Waals surface area contributed by atoms with Gasteiger partial charge in [-0.3, -0.25) is 9.69 Å². The van der Waals surface area contributed by atoms with Crippen LogP contribution in [0, 0.1) is 12.8 Å². The number of hydrogen-bond acceptors (Lipinski definition) is 3. The van der Waals surface area contributed by atoms with Crippen LogP contribution in [0.5, 0.6) is 0 Å². The Labute approximate surface area is 135 Å². The Morgan fingerprint density at radius 2 is 2.05 bits per heavy atom. The van der Waals surface area contributed by atoms with Crippen molar-refractivity contribution in [1.29, 1.82) is 0 Å². The Kier molecular flexibility index (Phi) is 4.65. The van der Waals surface area contributed by atoms with E-state index in [1.165, 1.54) is 0 Å². The predicted molar refractivity (Wildman–Crippen MR) is 87.2 cm³/mol. The molecule has 0 amide bonds. The minimum atomic E-state index is 0.0611. The zero-order valence-corrected chi connectivity index (χ0v) is 13.5. The Hall–Kier alpha value is -1.58. The Morgan fingerprint density at radius 3 is 2.73 bits per heavy atom. The number of benzene rings is 1. The molecule has 1 saturated heterocycles. The molecule has 2 aromatic rings. The van der Waals surface area contributed by atoms with Gasteiger partial charge in [-0.1, -0.05) is 11.6 Å². The van der Waals surface area contributed by atoms with Crippen LogP contribution in [0.2, 0.25) is 5.02 Å². The number of nitrogens with zero attached hydrogens (tertiary/aromatic N) is 1. The zero-order chi connectivity index (χ0) is 15.5. The standard InChI is InChI=1S/C18H20ClNO2/c1-13-4-9-17(22-13)12-20-10-2-3-15(11-20)18(21)14-5-7-16(19)8-6-14/h4-9,15H,2-3,10-12H2,1H3. The molecule has 0 aliphatic carbocycles. The number of furan rings is 1. The molecular formula is C18H20ClNO2. The van der Waals surface area contributed by atoms with Gasteiger partial charge in [0.25, 0.3) is 0 Å². The van der Waals surface area contributed by atoms with Crippen LogP contribution in [0.15, 0.2) is 40.8 Å². The Bertz CT molecular complexity index is 647. The number of aryl methyl sites for hydroxylation is 1. The quantitative estimate of drug-likeness (QED) is 0.787. The van der Waals surface area contributed by atoms with Crippen molar-refractivity contribution in [1.82, 2.24) is 4.90 Å². The van der Waals surface area contributed by atoms with Crippen LogP contribution in [0.25, 0.3) is 0 Å². The second-order valence-electron chi connectivity index (χ2n) is 5.96. The molecule has 3 nitrogen and oxygen atoms in total. The second kappa shape index (κ2) is 6.67. The summed E-state index contributed by atoms with van der Waals surface area (Å²) in [5.41, 5.74) is 0.755. The number of piperidine rings is 1. The van der Waals surface area contributed by atoms with E-state index in [9.17, 15) is 4.79 Å². The first kappa shape index (κ1) is 15.3. The number of likely N-dealkylation sites (tertiary alicyclic amines) is 1. The van der Waals surface area contributed by atoms with Gasteiger partial charge in [0.15, 0.2) is 5.78 Å². The van der Waals surface area contributed by atoms with Crippen LogP contribution in [-0.2, 0) is 6.54 Å². The van der Waals surface area contributed by atoms with Gasteiger partial charge in [-0.05, 0) is 62.7 Å². The fraction of sp³-hybridized carbons (Fsp3) is 0.389. The number of ketones is 1. The summed E-state index contributed by atoms with van der Waals surface area (Å²) in [6, 6.07) is 11.2. The summed E-state index contributed by atoms with van der Waals surface area (Å²) >= 11 is 5.89. The van der Waals surface area contributed by atoms with Gasteiger partial charge in [0.2, 0.25) is 0 Å². The molecule has 0 bridgehead atoms. The van der Waals surface area contributed by atoms with E-state index in [1.807, 2.05) is 31.2 Å². The van der Waals surface area contributed by atoms with Gasteiger partial charge in [-0.2, -0.15) is 0 Å². The largest absolute Gasteiger partial charge is 0.465 e. The average Bonchev–Trinajstić information content (AvgIpc) is 2.93. The number of carbonyl (C=O) groups excluding carboxylic acids is 1. The molecule has 1 aromatic carbocycles. The lowest BCUT2D eigenvalue weighted by molar-refractivity contribution is 0.0802. The third-order valence-electron chi connectivity index (χ3n) is 4.18. The number of rotatable bonds is 4. The highest BCUT2D eigenvalue weighted by Gasteiger charge is 2.27. The number of Topliss-reactive ketones (excluding diaryl/α,β-unsaturated/α-hetero) is 1. The monoisotopic (exact) mass is 317 g/mol. The molecule has 2 heterocycles. The minimum Gasteiger partial charge on any atom is -0.465 e. The van der Waals surface area contributed by atoms with Crippen LogP contribution < -0.4 is 0 Å². The van der Waals surface area contributed by atoms with E-state index in [0.29, 0.717) is 5.02 Å². The molecule has 1 fully saturated rings. The van der Waals surface area contributed by atoms with Crippen molar-refractivity contribution >= 4 is 17.4 Å². The van der Waals surface area contributed by atoms with Crippen molar-refractivity contribution in [3.05, 3.63) is 58.5 Å².